The lowest BCUT2D eigenvalue weighted by Crippen LogP contribution is -1.99. The van der Waals surface area contributed by atoms with Gasteiger partial charge in [-0.2, -0.15) is 8.75 Å². The zero-order valence-corrected chi connectivity index (χ0v) is 16.4. The van der Waals surface area contributed by atoms with E-state index in [2.05, 4.69) is 32.4 Å². The van der Waals surface area contributed by atoms with Gasteiger partial charge in [-0.15, -0.1) is 17.3 Å². The van der Waals surface area contributed by atoms with Gasteiger partial charge in [-0.1, -0.05) is 17.8 Å². The Hall–Kier alpha value is -2.80. The minimum atomic E-state index is 0.793. The van der Waals surface area contributed by atoms with Crippen molar-refractivity contribution < 1.29 is 0 Å². The van der Waals surface area contributed by atoms with Gasteiger partial charge in [0.1, 0.15) is 16.6 Å². The predicted molar refractivity (Wildman–Crippen MR) is 108 cm³/mol. The molecule has 26 heavy (non-hydrogen) atoms. The molecule has 1 aromatic carbocycles. The summed E-state index contributed by atoms with van der Waals surface area (Å²) in [5, 5.41) is 0. The Bertz CT molecular complexity index is 1290. The first-order chi connectivity index (χ1) is 12.6. The van der Waals surface area contributed by atoms with Crippen LogP contribution in [0.2, 0.25) is 0 Å². The van der Waals surface area contributed by atoms with E-state index < -0.39 is 0 Å². The molecule has 4 nitrogen and oxygen atoms in total. The van der Waals surface area contributed by atoms with E-state index in [1.54, 1.807) is 11.3 Å². The zero-order chi connectivity index (χ0) is 18.3. The summed E-state index contributed by atoms with van der Waals surface area (Å²) in [7, 11) is 0. The molecule has 126 valence electrons. The first kappa shape index (κ1) is 16.7. The molecular weight excluding hydrogens is 360 g/mol. The average molecular weight is 374 g/mol. The minimum Gasteiger partial charge on any atom is -0.249 e. The first-order valence-electron chi connectivity index (χ1n) is 8.03. The first-order valence-corrected chi connectivity index (χ1v) is 9.57. The van der Waals surface area contributed by atoms with Crippen molar-refractivity contribution >= 4 is 45.1 Å². The van der Waals surface area contributed by atoms with Gasteiger partial charge in [-0.05, 0) is 39.8 Å². The Labute approximate surface area is 159 Å². The van der Waals surface area contributed by atoms with Crippen molar-refractivity contribution in [1.29, 1.82) is 0 Å². The lowest BCUT2D eigenvalue weighted by molar-refractivity contribution is 1.10. The Morgan fingerprint density at radius 2 is 1.42 bits per heavy atom. The number of aromatic nitrogens is 4. The van der Waals surface area contributed by atoms with Crippen molar-refractivity contribution in [3.8, 4) is 23.7 Å². The molecule has 0 fully saturated rings. The van der Waals surface area contributed by atoms with E-state index in [1.807, 2.05) is 39.8 Å². The van der Waals surface area contributed by atoms with Crippen LogP contribution in [0.1, 0.15) is 39.2 Å². The summed E-state index contributed by atoms with van der Waals surface area (Å²) in [6.45, 7) is 7.78. The topological polar surface area (TPSA) is 51.6 Å². The van der Waals surface area contributed by atoms with Gasteiger partial charge >= 0.3 is 0 Å². The summed E-state index contributed by atoms with van der Waals surface area (Å²) in [6.07, 6.45) is 0. The molecule has 0 N–H and O–H groups in total. The number of hydrogen-bond donors (Lipinski definition) is 0. The standard InChI is InChI=1S/C20H14N4S2/c1-5-6-14-7-8-15(25-14)9-10-16-19-17(21-12(3)13(4)22-19)11(2)18-20(16)24-26-23-18/h7-8H,1-4H3. The molecule has 0 saturated heterocycles. The number of fused-ring (bicyclic) bond motifs is 2. The van der Waals surface area contributed by atoms with Crippen molar-refractivity contribution in [3.05, 3.63) is 44.4 Å². The van der Waals surface area contributed by atoms with Gasteiger partial charge in [0.05, 0.1) is 44.0 Å². The third kappa shape index (κ3) is 2.74. The third-order valence-electron chi connectivity index (χ3n) is 4.14. The number of hydrogen-bond acceptors (Lipinski definition) is 6. The maximum atomic E-state index is 4.77. The van der Waals surface area contributed by atoms with Crippen LogP contribution in [-0.4, -0.2) is 18.7 Å². The summed E-state index contributed by atoms with van der Waals surface area (Å²) in [5.74, 6) is 12.5. The van der Waals surface area contributed by atoms with Crippen molar-refractivity contribution in [3.63, 3.8) is 0 Å². The normalized spacial score (nSPS) is 10.5. The van der Waals surface area contributed by atoms with E-state index in [4.69, 9.17) is 9.97 Å². The number of aryl methyl sites for hydroxylation is 3. The highest BCUT2D eigenvalue weighted by atomic mass is 32.1. The molecule has 0 aliphatic rings. The van der Waals surface area contributed by atoms with Crippen LogP contribution < -0.4 is 0 Å². The molecule has 0 aliphatic carbocycles. The summed E-state index contributed by atoms with van der Waals surface area (Å²) >= 11 is 2.78. The van der Waals surface area contributed by atoms with E-state index in [0.717, 1.165) is 54.3 Å². The molecule has 0 bridgehead atoms. The van der Waals surface area contributed by atoms with Crippen LogP contribution in [0.5, 0.6) is 0 Å². The molecule has 0 unspecified atom stereocenters. The number of benzene rings is 1. The molecule has 6 heteroatoms. The molecule has 0 amide bonds. The highest BCUT2D eigenvalue weighted by Crippen LogP contribution is 2.29. The zero-order valence-electron chi connectivity index (χ0n) is 14.8. The number of rotatable bonds is 0. The average Bonchev–Trinajstić information content (AvgIpc) is 3.27. The molecule has 0 aliphatic heterocycles. The molecular formula is C20H14N4S2. The van der Waals surface area contributed by atoms with Gasteiger partial charge in [0, 0.05) is 5.56 Å². The summed E-state index contributed by atoms with van der Waals surface area (Å²) in [4.78, 5) is 11.5. The van der Waals surface area contributed by atoms with Crippen molar-refractivity contribution in [2.24, 2.45) is 0 Å². The number of thiophene rings is 1. The Morgan fingerprint density at radius 1 is 0.769 bits per heavy atom. The Balaban J connectivity index is 1.99. The van der Waals surface area contributed by atoms with Crippen LogP contribution in [0.4, 0.5) is 0 Å². The molecule has 0 spiro atoms. The van der Waals surface area contributed by atoms with E-state index >= 15 is 0 Å². The lowest BCUT2D eigenvalue weighted by atomic mass is 10.1. The highest BCUT2D eigenvalue weighted by Gasteiger charge is 2.17. The van der Waals surface area contributed by atoms with Crippen molar-refractivity contribution in [2.75, 3.05) is 0 Å². The fourth-order valence-corrected chi connectivity index (χ4v) is 4.07. The van der Waals surface area contributed by atoms with E-state index in [0.29, 0.717) is 0 Å². The molecule has 3 heterocycles. The monoisotopic (exact) mass is 374 g/mol. The maximum Gasteiger partial charge on any atom is 0.123 e. The summed E-state index contributed by atoms with van der Waals surface area (Å²) in [6, 6.07) is 3.98. The lowest BCUT2D eigenvalue weighted by Gasteiger charge is -2.07. The SMILES string of the molecule is CC#Cc1ccc(C#Cc2c3nsnc3c(C)c3nc(C)c(C)nc23)s1. The maximum absolute atomic E-state index is 4.77. The second-order valence-electron chi connectivity index (χ2n) is 5.84. The van der Waals surface area contributed by atoms with E-state index in [-0.39, 0.29) is 0 Å². The van der Waals surface area contributed by atoms with Gasteiger partial charge in [-0.25, -0.2) is 9.97 Å². The molecule has 0 atom stereocenters. The molecule has 0 radical (unpaired) electrons. The van der Waals surface area contributed by atoms with Crippen LogP contribution in [0.25, 0.3) is 22.1 Å². The van der Waals surface area contributed by atoms with E-state index in [1.165, 1.54) is 11.7 Å². The minimum absolute atomic E-state index is 0.793. The van der Waals surface area contributed by atoms with Crippen molar-refractivity contribution in [1.82, 2.24) is 18.7 Å². The van der Waals surface area contributed by atoms with Crippen LogP contribution >= 0.6 is 23.1 Å². The van der Waals surface area contributed by atoms with Crippen LogP contribution in [0.3, 0.4) is 0 Å². The van der Waals surface area contributed by atoms with E-state index in [9.17, 15) is 0 Å². The predicted octanol–water partition coefficient (Wildman–Crippen LogP) is 4.39. The summed E-state index contributed by atoms with van der Waals surface area (Å²) in [5.41, 5.74) is 6.92. The van der Waals surface area contributed by atoms with Gasteiger partial charge in [0.25, 0.3) is 0 Å². The van der Waals surface area contributed by atoms with Crippen molar-refractivity contribution in [2.45, 2.75) is 27.7 Å². The Kier molecular flexibility index (Phi) is 4.16. The smallest absolute Gasteiger partial charge is 0.123 e. The molecule has 4 rings (SSSR count). The molecule has 0 saturated carbocycles. The second kappa shape index (κ2) is 6.49. The third-order valence-corrected chi connectivity index (χ3v) is 5.59. The van der Waals surface area contributed by atoms with Gasteiger partial charge in [-0.3, -0.25) is 0 Å². The van der Waals surface area contributed by atoms with Gasteiger partial charge in [0.2, 0.25) is 0 Å². The van der Waals surface area contributed by atoms with Crippen LogP contribution in [0.15, 0.2) is 12.1 Å². The fourth-order valence-electron chi connectivity index (χ4n) is 2.70. The Morgan fingerprint density at radius 3 is 2.15 bits per heavy atom. The van der Waals surface area contributed by atoms with Gasteiger partial charge in [0.15, 0.2) is 0 Å². The fraction of sp³-hybridized carbons (Fsp3) is 0.200. The highest BCUT2D eigenvalue weighted by molar-refractivity contribution is 7.13. The number of nitrogens with zero attached hydrogens (tertiary/aromatic N) is 4. The van der Waals surface area contributed by atoms with Gasteiger partial charge < -0.3 is 0 Å². The summed E-state index contributed by atoms with van der Waals surface area (Å²) < 4.78 is 8.91. The molecule has 4 aromatic rings. The molecule has 3 aromatic heterocycles. The quantitative estimate of drug-likeness (QED) is 0.428. The van der Waals surface area contributed by atoms with Crippen LogP contribution in [0, 0.1) is 44.5 Å². The van der Waals surface area contributed by atoms with Crippen LogP contribution in [-0.2, 0) is 0 Å². The second-order valence-corrected chi connectivity index (χ2v) is 7.45. The largest absolute Gasteiger partial charge is 0.249 e.